The lowest BCUT2D eigenvalue weighted by atomic mass is 9.74. The number of piperidine rings is 1. The van der Waals surface area contributed by atoms with Crippen molar-refractivity contribution in [2.75, 3.05) is 13.2 Å². The van der Waals surface area contributed by atoms with Gasteiger partial charge < -0.3 is 14.8 Å². The van der Waals surface area contributed by atoms with Crippen molar-refractivity contribution in [3.63, 3.8) is 0 Å². The molecule has 0 amide bonds. The van der Waals surface area contributed by atoms with Crippen LogP contribution in [-0.4, -0.2) is 30.9 Å². The Bertz CT molecular complexity index is 783. The lowest BCUT2D eigenvalue weighted by molar-refractivity contribution is -0.162. The van der Waals surface area contributed by atoms with Crippen molar-refractivity contribution in [3.05, 3.63) is 71.8 Å². The molecule has 2 aromatic carbocycles. The lowest BCUT2D eigenvalue weighted by Crippen LogP contribution is -2.54. The molecule has 3 rings (SSSR count). The van der Waals surface area contributed by atoms with Crippen LogP contribution in [0.25, 0.3) is 0 Å². The number of benzene rings is 2. The van der Waals surface area contributed by atoms with Gasteiger partial charge in [-0.3, -0.25) is 14.4 Å². The largest absolute Gasteiger partial charge is 0.465 e. The van der Waals surface area contributed by atoms with Crippen LogP contribution in [0.15, 0.2) is 60.7 Å². The van der Waals surface area contributed by atoms with Crippen LogP contribution in [0.5, 0.6) is 0 Å². The summed E-state index contributed by atoms with van der Waals surface area (Å²) in [6, 6.07) is 17.3. The van der Waals surface area contributed by atoms with Crippen LogP contribution >= 0.6 is 0 Å². The molecule has 0 aromatic heterocycles. The first-order chi connectivity index (χ1) is 14.1. The molecule has 0 saturated carbocycles. The maximum absolute atomic E-state index is 13.5. The molecule has 0 spiro atoms. The van der Waals surface area contributed by atoms with E-state index in [2.05, 4.69) is 5.32 Å². The van der Waals surface area contributed by atoms with Gasteiger partial charge in [-0.2, -0.15) is 0 Å². The number of carbonyl (C=O) groups excluding carboxylic acids is 3. The Morgan fingerprint density at radius 3 is 1.48 bits per heavy atom. The molecular formula is C23H25NO5. The van der Waals surface area contributed by atoms with E-state index in [1.807, 2.05) is 60.7 Å². The maximum Gasteiger partial charge on any atom is 0.318 e. The van der Waals surface area contributed by atoms with E-state index < -0.39 is 41.6 Å². The van der Waals surface area contributed by atoms with Gasteiger partial charge in [0.25, 0.3) is 0 Å². The topological polar surface area (TPSA) is 81.7 Å². The summed E-state index contributed by atoms with van der Waals surface area (Å²) in [5.74, 6) is -4.03. The van der Waals surface area contributed by atoms with Gasteiger partial charge in [0.05, 0.1) is 25.3 Å². The molecule has 1 aliphatic rings. The summed E-state index contributed by atoms with van der Waals surface area (Å²) in [5.41, 5.74) is 1.56. The average molecular weight is 395 g/mol. The molecule has 2 aromatic rings. The third kappa shape index (κ3) is 4.38. The minimum absolute atomic E-state index is 0.149. The van der Waals surface area contributed by atoms with Gasteiger partial charge in [-0.05, 0) is 25.0 Å². The van der Waals surface area contributed by atoms with Gasteiger partial charge in [-0.25, -0.2) is 0 Å². The molecule has 1 saturated heterocycles. The van der Waals surface area contributed by atoms with E-state index in [9.17, 15) is 14.4 Å². The molecule has 1 heterocycles. The molecule has 1 fully saturated rings. The number of Topliss-reactive ketones (excluding diaryl/α,β-unsaturated/α-hetero) is 1. The van der Waals surface area contributed by atoms with Crippen LogP contribution in [-0.2, 0) is 23.9 Å². The van der Waals surface area contributed by atoms with Gasteiger partial charge in [0.1, 0.15) is 11.8 Å². The van der Waals surface area contributed by atoms with Crippen LogP contribution in [0.2, 0.25) is 0 Å². The number of carbonyl (C=O) groups is 3. The zero-order valence-electron chi connectivity index (χ0n) is 16.5. The van der Waals surface area contributed by atoms with Crippen molar-refractivity contribution in [2.45, 2.75) is 25.9 Å². The van der Waals surface area contributed by atoms with Crippen LogP contribution < -0.4 is 5.32 Å². The molecule has 29 heavy (non-hydrogen) atoms. The fourth-order valence-corrected chi connectivity index (χ4v) is 3.77. The van der Waals surface area contributed by atoms with E-state index in [-0.39, 0.29) is 13.2 Å². The summed E-state index contributed by atoms with van der Waals surface area (Å²) < 4.78 is 10.4. The highest BCUT2D eigenvalue weighted by Gasteiger charge is 2.52. The van der Waals surface area contributed by atoms with Crippen molar-refractivity contribution < 1.29 is 23.9 Å². The quantitative estimate of drug-likeness (QED) is 0.598. The van der Waals surface area contributed by atoms with E-state index in [1.165, 1.54) is 0 Å². The second-order valence-corrected chi connectivity index (χ2v) is 6.81. The summed E-state index contributed by atoms with van der Waals surface area (Å²) in [6.07, 6.45) is 0. The van der Waals surface area contributed by atoms with Crippen molar-refractivity contribution in [1.82, 2.24) is 5.32 Å². The number of ketones is 1. The zero-order valence-corrected chi connectivity index (χ0v) is 16.5. The summed E-state index contributed by atoms with van der Waals surface area (Å²) in [7, 11) is 0. The first kappa shape index (κ1) is 20.7. The predicted molar refractivity (Wildman–Crippen MR) is 107 cm³/mol. The lowest BCUT2D eigenvalue weighted by Gasteiger charge is -2.39. The van der Waals surface area contributed by atoms with Crippen molar-refractivity contribution in [3.8, 4) is 0 Å². The highest BCUT2D eigenvalue weighted by atomic mass is 16.5. The summed E-state index contributed by atoms with van der Waals surface area (Å²) >= 11 is 0. The Balaban J connectivity index is 2.08. The third-order valence-corrected chi connectivity index (χ3v) is 5.04. The summed E-state index contributed by atoms with van der Waals surface area (Å²) in [4.78, 5) is 38.9. The Morgan fingerprint density at radius 1 is 0.759 bits per heavy atom. The van der Waals surface area contributed by atoms with Crippen molar-refractivity contribution in [1.29, 1.82) is 0 Å². The van der Waals surface area contributed by atoms with Crippen LogP contribution in [0.4, 0.5) is 0 Å². The number of rotatable bonds is 6. The third-order valence-electron chi connectivity index (χ3n) is 5.04. The van der Waals surface area contributed by atoms with Gasteiger partial charge in [0, 0.05) is 0 Å². The molecule has 152 valence electrons. The first-order valence-electron chi connectivity index (χ1n) is 9.81. The molecule has 1 aliphatic heterocycles. The fourth-order valence-electron chi connectivity index (χ4n) is 3.77. The van der Waals surface area contributed by atoms with E-state index in [0.717, 1.165) is 11.1 Å². The Hall–Kier alpha value is -2.99. The number of ether oxygens (including phenoxy) is 2. The Kier molecular flexibility index (Phi) is 6.77. The van der Waals surface area contributed by atoms with Crippen molar-refractivity contribution in [2.24, 2.45) is 11.8 Å². The average Bonchev–Trinajstić information content (AvgIpc) is 2.74. The zero-order chi connectivity index (χ0) is 20.8. The Labute approximate surface area is 170 Å². The Morgan fingerprint density at radius 2 is 1.14 bits per heavy atom. The van der Waals surface area contributed by atoms with Gasteiger partial charge in [-0.15, -0.1) is 0 Å². The number of hydrogen-bond acceptors (Lipinski definition) is 6. The fraction of sp³-hybridized carbons (Fsp3) is 0.348. The van der Waals surface area contributed by atoms with Crippen LogP contribution in [0.3, 0.4) is 0 Å². The molecule has 0 radical (unpaired) electrons. The molecule has 6 heteroatoms. The molecule has 6 nitrogen and oxygen atoms in total. The standard InChI is InChI=1S/C23H25NO5/c1-3-28-22(26)17-19(15-11-7-5-8-12-15)24-20(16-13-9-6-10-14-16)18(21(17)25)23(27)29-4-2/h5-14,17-20,24H,3-4H2,1-2H3/t17-,18+,19-,20-/m1/s1. The summed E-state index contributed by atoms with van der Waals surface area (Å²) in [5, 5.41) is 3.37. The van der Waals surface area contributed by atoms with E-state index >= 15 is 0 Å². The molecule has 1 N–H and O–H groups in total. The number of nitrogens with one attached hydrogen (secondary N) is 1. The predicted octanol–water partition coefficient (Wildman–Crippen LogP) is 3.00. The van der Waals surface area contributed by atoms with E-state index in [0.29, 0.717) is 0 Å². The number of esters is 2. The van der Waals surface area contributed by atoms with Gasteiger partial charge in [0.2, 0.25) is 0 Å². The minimum Gasteiger partial charge on any atom is -0.465 e. The van der Waals surface area contributed by atoms with Gasteiger partial charge in [0.15, 0.2) is 5.78 Å². The van der Waals surface area contributed by atoms with Gasteiger partial charge >= 0.3 is 11.9 Å². The SMILES string of the molecule is CCOC(=O)[C@@H]1C(=O)[C@H](C(=O)OCC)[C@@H](c2ccccc2)N[C@@H]1c1ccccc1. The second-order valence-electron chi connectivity index (χ2n) is 6.81. The van der Waals surface area contributed by atoms with E-state index in [4.69, 9.17) is 9.47 Å². The smallest absolute Gasteiger partial charge is 0.318 e. The normalized spacial score (nSPS) is 24.0. The van der Waals surface area contributed by atoms with Crippen LogP contribution in [0, 0.1) is 11.8 Å². The van der Waals surface area contributed by atoms with Crippen LogP contribution in [0.1, 0.15) is 37.1 Å². The molecular weight excluding hydrogens is 370 g/mol. The second kappa shape index (κ2) is 9.47. The summed E-state index contributed by atoms with van der Waals surface area (Å²) in [6.45, 7) is 3.67. The van der Waals surface area contributed by atoms with Crippen molar-refractivity contribution >= 4 is 17.7 Å². The minimum atomic E-state index is -1.13. The molecule has 0 aliphatic carbocycles. The maximum atomic E-state index is 13.5. The number of hydrogen-bond donors (Lipinski definition) is 1. The molecule has 0 bridgehead atoms. The van der Waals surface area contributed by atoms with E-state index in [1.54, 1.807) is 13.8 Å². The highest BCUT2D eigenvalue weighted by molar-refractivity contribution is 6.10. The first-order valence-corrected chi connectivity index (χ1v) is 9.81. The molecule has 0 unspecified atom stereocenters. The molecule has 4 atom stereocenters. The highest BCUT2D eigenvalue weighted by Crippen LogP contribution is 2.39. The van der Waals surface area contributed by atoms with Gasteiger partial charge in [-0.1, -0.05) is 60.7 Å². The monoisotopic (exact) mass is 395 g/mol.